The summed E-state index contributed by atoms with van der Waals surface area (Å²) in [5.41, 5.74) is 1.53. The van der Waals surface area contributed by atoms with Crippen molar-refractivity contribution in [2.75, 3.05) is 25.5 Å². The number of nitrogens with one attached hydrogen (secondary N) is 1. The molecular formula is C14H18ClN3. The summed E-state index contributed by atoms with van der Waals surface area (Å²) in [6, 6.07) is 7.95. The van der Waals surface area contributed by atoms with Crippen molar-refractivity contribution in [3.63, 3.8) is 0 Å². The lowest BCUT2D eigenvalue weighted by atomic mass is 9.94. The van der Waals surface area contributed by atoms with Gasteiger partial charge in [0.05, 0.1) is 22.3 Å². The van der Waals surface area contributed by atoms with Gasteiger partial charge in [-0.2, -0.15) is 5.26 Å². The highest BCUT2D eigenvalue weighted by molar-refractivity contribution is 6.33. The van der Waals surface area contributed by atoms with Crippen molar-refractivity contribution in [1.82, 2.24) is 4.90 Å². The van der Waals surface area contributed by atoms with Gasteiger partial charge < -0.3 is 10.2 Å². The van der Waals surface area contributed by atoms with Crippen molar-refractivity contribution in [3.05, 3.63) is 28.8 Å². The van der Waals surface area contributed by atoms with Crippen LogP contribution in [0.4, 0.5) is 5.69 Å². The summed E-state index contributed by atoms with van der Waals surface area (Å²) >= 11 is 6.18. The van der Waals surface area contributed by atoms with Gasteiger partial charge >= 0.3 is 0 Å². The molecule has 1 aromatic carbocycles. The summed E-state index contributed by atoms with van der Waals surface area (Å²) in [6.07, 6.45) is 1.12. The van der Waals surface area contributed by atoms with Gasteiger partial charge in [0.15, 0.2) is 0 Å². The van der Waals surface area contributed by atoms with E-state index in [0.717, 1.165) is 25.2 Å². The highest BCUT2D eigenvalue weighted by atomic mass is 35.5. The van der Waals surface area contributed by atoms with Gasteiger partial charge in [-0.05, 0) is 44.1 Å². The summed E-state index contributed by atoms with van der Waals surface area (Å²) in [7, 11) is 2.15. The molecular weight excluding hydrogens is 246 g/mol. The minimum atomic E-state index is 0.451. The average Bonchev–Trinajstić information content (AvgIpc) is 2.34. The Bertz CT molecular complexity index is 467. The van der Waals surface area contributed by atoms with Gasteiger partial charge in [-0.3, -0.25) is 0 Å². The van der Waals surface area contributed by atoms with Crippen LogP contribution in [0.25, 0.3) is 0 Å². The first-order chi connectivity index (χ1) is 8.60. The molecule has 2 atom stereocenters. The maximum Gasteiger partial charge on any atom is 0.0992 e. The Morgan fingerprint density at radius 1 is 1.50 bits per heavy atom. The van der Waals surface area contributed by atoms with Crippen molar-refractivity contribution in [2.24, 2.45) is 5.92 Å². The summed E-state index contributed by atoms with van der Waals surface area (Å²) in [4.78, 5) is 2.35. The van der Waals surface area contributed by atoms with E-state index in [4.69, 9.17) is 16.9 Å². The molecule has 4 heteroatoms. The number of piperidine rings is 1. The Balaban J connectivity index is 2.08. The van der Waals surface area contributed by atoms with Crippen LogP contribution in [0.15, 0.2) is 18.2 Å². The van der Waals surface area contributed by atoms with Crippen LogP contribution in [0, 0.1) is 17.2 Å². The molecule has 0 spiro atoms. The van der Waals surface area contributed by atoms with Crippen LogP contribution in [-0.4, -0.2) is 31.1 Å². The maximum atomic E-state index is 8.81. The highest BCUT2D eigenvalue weighted by Crippen LogP contribution is 2.27. The number of benzene rings is 1. The number of hydrogen-bond acceptors (Lipinski definition) is 3. The Kier molecular flexibility index (Phi) is 4.11. The first-order valence-electron chi connectivity index (χ1n) is 6.25. The summed E-state index contributed by atoms with van der Waals surface area (Å²) in [6.45, 7) is 4.46. The van der Waals surface area contributed by atoms with Crippen LogP contribution in [0.2, 0.25) is 5.02 Å². The fraction of sp³-hybridized carbons (Fsp3) is 0.500. The summed E-state index contributed by atoms with van der Waals surface area (Å²) < 4.78 is 0. The molecule has 2 rings (SSSR count). The van der Waals surface area contributed by atoms with Crippen LogP contribution in [0.3, 0.4) is 0 Å². The predicted molar refractivity (Wildman–Crippen MR) is 74.9 cm³/mol. The molecule has 1 aromatic rings. The lowest BCUT2D eigenvalue weighted by molar-refractivity contribution is 0.206. The topological polar surface area (TPSA) is 39.1 Å². The van der Waals surface area contributed by atoms with Crippen molar-refractivity contribution in [3.8, 4) is 6.07 Å². The van der Waals surface area contributed by atoms with E-state index in [1.807, 2.05) is 6.07 Å². The number of nitrogens with zero attached hydrogens (tertiary/aromatic N) is 2. The fourth-order valence-corrected chi connectivity index (χ4v) is 2.71. The number of halogens is 1. The van der Waals surface area contributed by atoms with Crippen LogP contribution < -0.4 is 5.32 Å². The number of anilines is 1. The summed E-state index contributed by atoms with van der Waals surface area (Å²) in [5.74, 6) is 0.593. The van der Waals surface area contributed by atoms with E-state index in [-0.39, 0.29) is 0 Å². The normalized spacial score (nSPS) is 24.6. The third-order valence-corrected chi connectivity index (χ3v) is 3.86. The van der Waals surface area contributed by atoms with Gasteiger partial charge in [-0.15, -0.1) is 0 Å². The zero-order valence-electron chi connectivity index (χ0n) is 10.8. The van der Waals surface area contributed by atoms with E-state index < -0.39 is 0 Å². The molecule has 1 fully saturated rings. The quantitative estimate of drug-likeness (QED) is 0.892. The number of nitriles is 1. The van der Waals surface area contributed by atoms with E-state index in [1.165, 1.54) is 0 Å². The second-order valence-electron chi connectivity index (χ2n) is 5.09. The lowest BCUT2D eigenvalue weighted by Gasteiger charge is -2.36. The van der Waals surface area contributed by atoms with Gasteiger partial charge in [0.25, 0.3) is 0 Å². The number of hydrogen-bond donors (Lipinski definition) is 1. The molecule has 0 radical (unpaired) electrons. The Labute approximate surface area is 113 Å². The van der Waals surface area contributed by atoms with Crippen molar-refractivity contribution in [1.29, 1.82) is 5.26 Å². The molecule has 1 aliphatic rings. The molecule has 1 aliphatic heterocycles. The minimum absolute atomic E-state index is 0.451. The molecule has 3 nitrogen and oxygen atoms in total. The molecule has 0 saturated carbocycles. The van der Waals surface area contributed by atoms with Crippen LogP contribution in [0.5, 0.6) is 0 Å². The van der Waals surface area contributed by atoms with Crippen LogP contribution >= 0.6 is 11.6 Å². The lowest BCUT2D eigenvalue weighted by Crippen LogP contribution is -2.43. The number of likely N-dealkylation sites (tertiary alicyclic amines) is 1. The second-order valence-corrected chi connectivity index (χ2v) is 5.49. The van der Waals surface area contributed by atoms with E-state index in [9.17, 15) is 0 Å². The minimum Gasteiger partial charge on any atom is -0.381 e. The van der Waals surface area contributed by atoms with Gasteiger partial charge in [0.1, 0.15) is 0 Å². The standard InChI is InChI=1S/C14H18ClN3/c1-10-9-18(2)6-5-13(10)17-14-4-3-11(8-16)7-12(14)15/h3-4,7,10,13,17H,5-6,9H2,1-2H3. The molecule has 1 saturated heterocycles. The van der Waals surface area contributed by atoms with Crippen LogP contribution in [-0.2, 0) is 0 Å². The molecule has 18 heavy (non-hydrogen) atoms. The average molecular weight is 264 g/mol. The largest absolute Gasteiger partial charge is 0.381 e. The van der Waals surface area contributed by atoms with Crippen molar-refractivity contribution in [2.45, 2.75) is 19.4 Å². The molecule has 0 amide bonds. The van der Waals surface area contributed by atoms with Gasteiger partial charge in [-0.1, -0.05) is 18.5 Å². The summed E-state index contributed by atoms with van der Waals surface area (Å²) in [5, 5.41) is 12.9. The van der Waals surface area contributed by atoms with Gasteiger partial charge in [0.2, 0.25) is 0 Å². The molecule has 1 N–H and O–H groups in total. The van der Waals surface area contributed by atoms with Crippen LogP contribution in [0.1, 0.15) is 18.9 Å². The maximum absolute atomic E-state index is 8.81. The van der Waals surface area contributed by atoms with Crippen molar-refractivity contribution >= 4 is 17.3 Å². The third-order valence-electron chi connectivity index (χ3n) is 3.55. The molecule has 96 valence electrons. The molecule has 0 aromatic heterocycles. The SMILES string of the molecule is CC1CN(C)CCC1Nc1ccc(C#N)cc1Cl. The molecule has 0 bridgehead atoms. The van der Waals surface area contributed by atoms with E-state index in [1.54, 1.807) is 12.1 Å². The molecule has 0 aliphatic carbocycles. The zero-order chi connectivity index (χ0) is 13.1. The predicted octanol–water partition coefficient (Wildman–Crippen LogP) is 2.96. The number of rotatable bonds is 2. The highest BCUT2D eigenvalue weighted by Gasteiger charge is 2.24. The first kappa shape index (κ1) is 13.2. The first-order valence-corrected chi connectivity index (χ1v) is 6.62. The zero-order valence-corrected chi connectivity index (χ0v) is 11.5. The van der Waals surface area contributed by atoms with E-state index in [0.29, 0.717) is 22.5 Å². The third kappa shape index (κ3) is 2.95. The second kappa shape index (κ2) is 5.60. The molecule has 2 unspecified atom stereocenters. The monoisotopic (exact) mass is 263 g/mol. The molecule has 1 heterocycles. The Morgan fingerprint density at radius 3 is 2.89 bits per heavy atom. The van der Waals surface area contributed by atoms with Crippen molar-refractivity contribution < 1.29 is 0 Å². The van der Waals surface area contributed by atoms with Gasteiger partial charge in [-0.25, -0.2) is 0 Å². The Morgan fingerprint density at radius 2 is 2.28 bits per heavy atom. The fourth-order valence-electron chi connectivity index (χ4n) is 2.47. The van der Waals surface area contributed by atoms with E-state index in [2.05, 4.69) is 30.3 Å². The van der Waals surface area contributed by atoms with Gasteiger partial charge in [0, 0.05) is 12.6 Å². The van der Waals surface area contributed by atoms with E-state index >= 15 is 0 Å². The smallest absolute Gasteiger partial charge is 0.0992 e. The Hall–Kier alpha value is -1.24.